The molecule has 5 rings (SSSR count). The summed E-state index contributed by atoms with van der Waals surface area (Å²) in [6.45, 7) is 1.73. The first-order valence-corrected chi connectivity index (χ1v) is 10.6. The van der Waals surface area contributed by atoms with Crippen LogP contribution in [0.15, 0.2) is 59.8 Å². The van der Waals surface area contributed by atoms with E-state index in [1.54, 1.807) is 31.6 Å². The maximum absolute atomic E-state index is 12.4. The van der Waals surface area contributed by atoms with Gasteiger partial charge in [-0.05, 0) is 37.1 Å². The van der Waals surface area contributed by atoms with Crippen molar-refractivity contribution in [1.82, 2.24) is 30.0 Å². The molecule has 0 saturated carbocycles. The van der Waals surface area contributed by atoms with Gasteiger partial charge in [0.05, 0.1) is 40.6 Å². The molecule has 1 aliphatic rings. The van der Waals surface area contributed by atoms with Gasteiger partial charge in [-0.15, -0.1) is 0 Å². The third kappa shape index (κ3) is 3.73. The highest BCUT2D eigenvalue weighted by Crippen LogP contribution is 2.27. The molecule has 0 unspecified atom stereocenters. The normalized spacial score (nSPS) is 14.6. The van der Waals surface area contributed by atoms with Gasteiger partial charge < -0.3 is 15.2 Å². The number of piperidine rings is 1. The van der Waals surface area contributed by atoms with Crippen LogP contribution in [0.4, 0.5) is 5.69 Å². The minimum absolute atomic E-state index is 0.150. The Hall–Kier alpha value is -4.01. The van der Waals surface area contributed by atoms with Crippen molar-refractivity contribution in [3.05, 3.63) is 71.0 Å². The van der Waals surface area contributed by atoms with Crippen LogP contribution in [0.25, 0.3) is 22.3 Å². The van der Waals surface area contributed by atoms with Gasteiger partial charge in [0.1, 0.15) is 11.5 Å². The fourth-order valence-corrected chi connectivity index (χ4v) is 4.11. The predicted octanol–water partition coefficient (Wildman–Crippen LogP) is 2.38. The highest BCUT2D eigenvalue weighted by molar-refractivity contribution is 5.92. The summed E-state index contributed by atoms with van der Waals surface area (Å²) in [5.41, 5.74) is 2.74. The lowest BCUT2D eigenvalue weighted by atomic mass is 10.0. The first-order valence-electron chi connectivity index (χ1n) is 10.6. The summed E-state index contributed by atoms with van der Waals surface area (Å²) >= 11 is 0. The number of fused-ring (bicyclic) bond motifs is 1. The van der Waals surface area contributed by atoms with Gasteiger partial charge in [-0.3, -0.25) is 14.3 Å². The minimum atomic E-state index is -0.188. The molecule has 3 aromatic heterocycles. The summed E-state index contributed by atoms with van der Waals surface area (Å²) < 4.78 is 1.97. The first kappa shape index (κ1) is 19.9. The number of nitrogens with one attached hydrogen (secondary N) is 2. The average molecular weight is 429 g/mol. The number of carbonyl (C=O) groups is 1. The summed E-state index contributed by atoms with van der Waals surface area (Å²) in [7, 11) is 1.59. The molecule has 32 heavy (non-hydrogen) atoms. The lowest BCUT2D eigenvalue weighted by molar-refractivity contribution is 0.0958. The Morgan fingerprint density at radius 3 is 2.69 bits per heavy atom. The number of nitrogens with zero attached hydrogens (tertiary/aromatic N) is 5. The zero-order valence-corrected chi connectivity index (χ0v) is 17.7. The zero-order chi connectivity index (χ0) is 22.1. The molecule has 2 N–H and O–H groups in total. The van der Waals surface area contributed by atoms with Crippen LogP contribution in [-0.4, -0.2) is 50.8 Å². The van der Waals surface area contributed by atoms with Gasteiger partial charge >= 0.3 is 0 Å². The summed E-state index contributed by atoms with van der Waals surface area (Å²) in [5, 5.41) is 7.70. The Labute approximate surface area is 184 Å². The van der Waals surface area contributed by atoms with E-state index in [1.165, 1.54) is 0 Å². The van der Waals surface area contributed by atoms with Gasteiger partial charge in [-0.1, -0.05) is 12.1 Å². The van der Waals surface area contributed by atoms with E-state index in [0.29, 0.717) is 22.4 Å². The number of H-pyrrole nitrogens is 1. The Bertz CT molecular complexity index is 1320. The third-order valence-corrected chi connectivity index (χ3v) is 5.90. The number of hydrogen-bond acceptors (Lipinski definition) is 6. The molecule has 0 radical (unpaired) electrons. The van der Waals surface area contributed by atoms with Gasteiger partial charge in [-0.2, -0.15) is 5.10 Å². The van der Waals surface area contributed by atoms with Crippen molar-refractivity contribution in [2.75, 3.05) is 25.0 Å². The molecule has 9 heteroatoms. The van der Waals surface area contributed by atoms with E-state index in [2.05, 4.69) is 30.3 Å². The fourth-order valence-electron chi connectivity index (χ4n) is 4.11. The molecule has 9 nitrogen and oxygen atoms in total. The van der Waals surface area contributed by atoms with Crippen LogP contribution in [0.5, 0.6) is 0 Å². The van der Waals surface area contributed by atoms with Crippen LogP contribution in [0.2, 0.25) is 0 Å². The average Bonchev–Trinajstić information content (AvgIpc) is 3.34. The topological polar surface area (TPSA) is 109 Å². The molecule has 4 heterocycles. The van der Waals surface area contributed by atoms with Crippen molar-refractivity contribution in [2.24, 2.45) is 0 Å². The molecule has 0 bridgehead atoms. The number of amides is 1. The van der Waals surface area contributed by atoms with Gasteiger partial charge in [0.2, 0.25) is 0 Å². The molecule has 1 amide bonds. The van der Waals surface area contributed by atoms with E-state index < -0.39 is 0 Å². The molecular weight excluding hydrogens is 406 g/mol. The van der Waals surface area contributed by atoms with Crippen molar-refractivity contribution in [3.63, 3.8) is 0 Å². The van der Waals surface area contributed by atoms with Crippen molar-refractivity contribution >= 4 is 22.5 Å². The number of anilines is 1. The number of hydrogen-bond donors (Lipinski definition) is 2. The lowest BCUT2D eigenvalue weighted by Gasteiger charge is -2.33. The van der Waals surface area contributed by atoms with Crippen LogP contribution >= 0.6 is 0 Å². The van der Waals surface area contributed by atoms with Crippen LogP contribution in [0, 0.1) is 0 Å². The number of aromatic amines is 1. The number of aromatic nitrogens is 5. The molecule has 1 aliphatic heterocycles. The van der Waals surface area contributed by atoms with Crippen LogP contribution < -0.4 is 15.8 Å². The fraction of sp³-hybridized carbons (Fsp3) is 0.261. The van der Waals surface area contributed by atoms with Gasteiger partial charge in [0.25, 0.3) is 11.5 Å². The molecule has 0 aliphatic carbocycles. The number of benzene rings is 1. The third-order valence-electron chi connectivity index (χ3n) is 5.90. The molecule has 1 fully saturated rings. The van der Waals surface area contributed by atoms with Crippen molar-refractivity contribution in [3.8, 4) is 11.4 Å². The number of pyridine rings is 1. The van der Waals surface area contributed by atoms with Crippen molar-refractivity contribution in [2.45, 2.75) is 18.9 Å². The Balaban J connectivity index is 1.28. The number of carbonyl (C=O) groups excluding carboxylic acids is 1. The Morgan fingerprint density at radius 2 is 1.94 bits per heavy atom. The summed E-state index contributed by atoms with van der Waals surface area (Å²) in [5.74, 6) is 0.339. The minimum Gasteiger partial charge on any atom is -0.370 e. The second-order valence-electron chi connectivity index (χ2n) is 7.84. The molecule has 0 spiro atoms. The number of para-hydroxylation sites is 1. The van der Waals surface area contributed by atoms with E-state index >= 15 is 0 Å². The largest absolute Gasteiger partial charge is 0.370 e. The van der Waals surface area contributed by atoms with E-state index in [9.17, 15) is 9.59 Å². The second-order valence-corrected chi connectivity index (χ2v) is 7.84. The highest BCUT2D eigenvalue weighted by Gasteiger charge is 2.22. The smallest absolute Gasteiger partial charge is 0.269 e. The van der Waals surface area contributed by atoms with E-state index in [1.807, 2.05) is 35.1 Å². The lowest BCUT2D eigenvalue weighted by Crippen LogP contribution is -2.35. The summed E-state index contributed by atoms with van der Waals surface area (Å²) in [6, 6.07) is 11.3. The maximum Gasteiger partial charge on any atom is 0.269 e. The molecule has 1 saturated heterocycles. The molecule has 4 aromatic rings. The quantitative estimate of drug-likeness (QED) is 0.516. The zero-order valence-electron chi connectivity index (χ0n) is 17.7. The van der Waals surface area contributed by atoms with Gasteiger partial charge in [0.15, 0.2) is 0 Å². The highest BCUT2D eigenvalue weighted by atomic mass is 16.1. The first-order chi connectivity index (χ1) is 15.6. The molecule has 0 atom stereocenters. The molecule has 1 aromatic carbocycles. The van der Waals surface area contributed by atoms with E-state index in [-0.39, 0.29) is 17.5 Å². The SMILES string of the molecule is CNC(=O)c1ccc(N2CCC(n3cc(-c4nc5ccccc5c(=O)[nH]4)cn3)CC2)cn1. The second kappa shape index (κ2) is 8.26. The van der Waals surface area contributed by atoms with Crippen molar-refractivity contribution < 1.29 is 4.79 Å². The molecular formula is C23H23N7O2. The monoisotopic (exact) mass is 429 g/mol. The van der Waals surface area contributed by atoms with Gasteiger partial charge in [0, 0.05) is 26.3 Å². The molecule has 162 valence electrons. The van der Waals surface area contributed by atoms with Gasteiger partial charge in [-0.25, -0.2) is 9.97 Å². The maximum atomic E-state index is 12.4. The standard InChI is InChI=1S/C23H23N7O2/c1-24-23(32)20-7-6-17(13-25-20)29-10-8-16(9-11-29)30-14-15(12-26-30)21-27-19-5-3-2-4-18(19)22(31)28-21/h2-7,12-14,16H,8-11H2,1H3,(H,24,32)(H,27,28,31). The number of rotatable bonds is 4. The van der Waals surface area contributed by atoms with Crippen LogP contribution in [0.1, 0.15) is 29.4 Å². The summed E-state index contributed by atoms with van der Waals surface area (Å²) in [4.78, 5) is 38.0. The van der Waals surface area contributed by atoms with Crippen molar-refractivity contribution in [1.29, 1.82) is 0 Å². The Kier molecular flexibility index (Phi) is 5.14. The Morgan fingerprint density at radius 1 is 1.12 bits per heavy atom. The van der Waals surface area contributed by atoms with Crippen LogP contribution in [0.3, 0.4) is 0 Å². The van der Waals surface area contributed by atoms with Crippen LogP contribution in [-0.2, 0) is 0 Å². The summed E-state index contributed by atoms with van der Waals surface area (Å²) in [6.07, 6.45) is 7.31. The van der Waals surface area contributed by atoms with E-state index in [4.69, 9.17) is 0 Å². The predicted molar refractivity (Wildman–Crippen MR) is 122 cm³/mol. The van der Waals surface area contributed by atoms with E-state index in [0.717, 1.165) is 37.2 Å².